The summed E-state index contributed by atoms with van der Waals surface area (Å²) in [6.45, 7) is 5.10. The fraction of sp³-hybridized carbons (Fsp3) is 0.323. The summed E-state index contributed by atoms with van der Waals surface area (Å²) >= 11 is 0. The summed E-state index contributed by atoms with van der Waals surface area (Å²) in [6, 6.07) is 16.3. The first kappa shape index (κ1) is 30.9. The molecule has 1 amide bonds. The van der Waals surface area contributed by atoms with Crippen LogP contribution in [0, 0.1) is 5.82 Å². The third kappa shape index (κ3) is 8.01. The standard InChI is InChI=1S/C31H32F4N2O5/c1-21(42-20-22-8-9-24(32)16-27(22)31(33,34)35)28-17-36-18-30(38)37(28)25-10-12-26(13-11-25)41-15-5-14-40-19-23-6-3-4-7-29(23)39-2/h3-4,6-13,16,28,36H,1,5,14-15,17-20H2,2H3/t28-/m1/s1. The number of hydrogen-bond acceptors (Lipinski definition) is 6. The largest absolute Gasteiger partial charge is 0.496 e. The van der Waals surface area contributed by atoms with E-state index >= 15 is 0 Å². The highest BCUT2D eigenvalue weighted by atomic mass is 19.4. The van der Waals surface area contributed by atoms with Crippen LogP contribution < -0.4 is 19.7 Å². The van der Waals surface area contributed by atoms with E-state index in [1.807, 2.05) is 24.3 Å². The van der Waals surface area contributed by atoms with Crippen LogP contribution in [0.3, 0.4) is 0 Å². The lowest BCUT2D eigenvalue weighted by atomic mass is 10.1. The molecule has 1 N–H and O–H groups in total. The number of methoxy groups -OCH3 is 1. The van der Waals surface area contributed by atoms with Crippen LogP contribution in [0.4, 0.5) is 23.2 Å². The average molecular weight is 589 g/mol. The maximum atomic E-state index is 13.4. The molecule has 1 aliphatic heterocycles. The van der Waals surface area contributed by atoms with Crippen molar-refractivity contribution in [3.8, 4) is 11.5 Å². The van der Waals surface area contributed by atoms with Crippen LogP contribution in [-0.2, 0) is 33.7 Å². The van der Waals surface area contributed by atoms with Crippen LogP contribution >= 0.6 is 0 Å². The SMILES string of the molecule is C=C(OCc1ccc(F)cc1C(F)(F)F)[C@H]1CNCC(=O)N1c1ccc(OCCCOCc2ccccc2OC)cc1. The number of piperazine rings is 1. The van der Waals surface area contributed by atoms with Crippen molar-refractivity contribution in [2.45, 2.75) is 31.9 Å². The molecule has 224 valence electrons. The molecule has 1 aliphatic rings. The van der Waals surface area contributed by atoms with Gasteiger partial charge in [0.2, 0.25) is 5.91 Å². The molecule has 0 bridgehead atoms. The second-order valence-corrected chi connectivity index (χ2v) is 9.53. The van der Waals surface area contributed by atoms with Gasteiger partial charge in [0.15, 0.2) is 0 Å². The summed E-state index contributed by atoms with van der Waals surface area (Å²) < 4.78 is 76.0. The predicted molar refractivity (Wildman–Crippen MR) is 149 cm³/mol. The van der Waals surface area contributed by atoms with E-state index in [0.717, 1.165) is 23.4 Å². The molecule has 0 saturated carbocycles. The second-order valence-electron chi connectivity index (χ2n) is 9.53. The zero-order valence-corrected chi connectivity index (χ0v) is 23.1. The van der Waals surface area contributed by atoms with Gasteiger partial charge in [0, 0.05) is 29.8 Å². The maximum Gasteiger partial charge on any atom is 0.416 e. The normalized spacial score (nSPS) is 15.4. The molecular formula is C31H32F4N2O5. The molecule has 42 heavy (non-hydrogen) atoms. The highest BCUT2D eigenvalue weighted by molar-refractivity contribution is 5.96. The van der Waals surface area contributed by atoms with Crippen molar-refractivity contribution in [1.29, 1.82) is 0 Å². The molecule has 1 heterocycles. The molecule has 0 aromatic heterocycles. The Balaban J connectivity index is 1.30. The number of carbonyl (C=O) groups is 1. The molecule has 0 spiro atoms. The first-order chi connectivity index (χ1) is 20.2. The fourth-order valence-electron chi connectivity index (χ4n) is 4.51. The van der Waals surface area contributed by atoms with E-state index in [2.05, 4.69) is 11.9 Å². The summed E-state index contributed by atoms with van der Waals surface area (Å²) in [5.41, 5.74) is 0.162. The number of para-hydroxylation sites is 1. The number of amides is 1. The number of hydrogen-bond donors (Lipinski definition) is 1. The van der Waals surface area contributed by atoms with E-state index in [1.165, 1.54) is 4.90 Å². The molecule has 1 atom stereocenters. The molecule has 0 aliphatic carbocycles. The molecule has 3 aromatic carbocycles. The fourth-order valence-corrected chi connectivity index (χ4v) is 4.51. The predicted octanol–water partition coefficient (Wildman–Crippen LogP) is 5.87. The lowest BCUT2D eigenvalue weighted by molar-refractivity contribution is -0.139. The van der Waals surface area contributed by atoms with Crippen molar-refractivity contribution < 1.29 is 41.3 Å². The lowest BCUT2D eigenvalue weighted by Crippen LogP contribution is -2.56. The van der Waals surface area contributed by atoms with Crippen LogP contribution in [-0.4, -0.2) is 45.4 Å². The van der Waals surface area contributed by atoms with Gasteiger partial charge in [0.25, 0.3) is 0 Å². The van der Waals surface area contributed by atoms with Crippen molar-refractivity contribution in [2.24, 2.45) is 0 Å². The van der Waals surface area contributed by atoms with Crippen LogP contribution in [0.15, 0.2) is 79.1 Å². The summed E-state index contributed by atoms with van der Waals surface area (Å²) in [5.74, 6) is 0.227. The first-order valence-electron chi connectivity index (χ1n) is 13.3. The Morgan fingerprint density at radius 2 is 1.79 bits per heavy atom. The lowest BCUT2D eigenvalue weighted by Gasteiger charge is -2.37. The van der Waals surface area contributed by atoms with Gasteiger partial charge in [-0.25, -0.2) is 4.39 Å². The Labute approximate surface area is 241 Å². The van der Waals surface area contributed by atoms with Crippen molar-refractivity contribution in [2.75, 3.05) is 38.3 Å². The summed E-state index contributed by atoms with van der Waals surface area (Å²) in [6.07, 6.45) is -4.08. The van der Waals surface area contributed by atoms with Gasteiger partial charge in [-0.1, -0.05) is 30.8 Å². The van der Waals surface area contributed by atoms with E-state index in [-0.39, 0.29) is 30.3 Å². The van der Waals surface area contributed by atoms with E-state index in [4.69, 9.17) is 18.9 Å². The molecule has 3 aromatic rings. The van der Waals surface area contributed by atoms with Crippen molar-refractivity contribution >= 4 is 11.6 Å². The molecule has 11 heteroatoms. The summed E-state index contributed by atoms with van der Waals surface area (Å²) in [7, 11) is 1.62. The second kappa shape index (κ2) is 14.2. The Kier molecular flexibility index (Phi) is 10.4. The van der Waals surface area contributed by atoms with Crippen molar-refractivity contribution in [1.82, 2.24) is 5.32 Å². The van der Waals surface area contributed by atoms with Crippen molar-refractivity contribution in [3.63, 3.8) is 0 Å². The molecular weight excluding hydrogens is 556 g/mol. The number of nitrogens with zero attached hydrogens (tertiary/aromatic N) is 1. The number of nitrogens with one attached hydrogen (secondary N) is 1. The van der Waals surface area contributed by atoms with Crippen LogP contribution in [0.1, 0.15) is 23.1 Å². The average Bonchev–Trinajstić information content (AvgIpc) is 2.98. The topological polar surface area (TPSA) is 69.3 Å². The number of benzene rings is 3. The minimum absolute atomic E-state index is 0.0765. The molecule has 4 rings (SSSR count). The number of ether oxygens (including phenoxy) is 4. The Morgan fingerprint density at radius 3 is 2.52 bits per heavy atom. The van der Waals surface area contributed by atoms with Gasteiger partial charge in [0.1, 0.15) is 35.7 Å². The van der Waals surface area contributed by atoms with Gasteiger partial charge in [0.05, 0.1) is 39.0 Å². The number of carbonyl (C=O) groups excluding carboxylic acids is 1. The van der Waals surface area contributed by atoms with Gasteiger partial charge in [-0.2, -0.15) is 13.2 Å². The van der Waals surface area contributed by atoms with Crippen LogP contribution in [0.5, 0.6) is 11.5 Å². The number of alkyl halides is 3. The third-order valence-electron chi connectivity index (χ3n) is 6.62. The van der Waals surface area contributed by atoms with Gasteiger partial charge in [-0.3, -0.25) is 9.69 Å². The van der Waals surface area contributed by atoms with E-state index in [1.54, 1.807) is 31.4 Å². The van der Waals surface area contributed by atoms with Gasteiger partial charge < -0.3 is 24.3 Å². The van der Waals surface area contributed by atoms with Crippen LogP contribution in [0.2, 0.25) is 0 Å². The summed E-state index contributed by atoms with van der Waals surface area (Å²) in [4.78, 5) is 14.3. The van der Waals surface area contributed by atoms with E-state index in [9.17, 15) is 22.4 Å². The summed E-state index contributed by atoms with van der Waals surface area (Å²) in [5, 5.41) is 2.97. The minimum Gasteiger partial charge on any atom is -0.496 e. The molecule has 1 saturated heterocycles. The molecule has 0 radical (unpaired) electrons. The van der Waals surface area contributed by atoms with E-state index in [0.29, 0.717) is 43.7 Å². The van der Waals surface area contributed by atoms with Gasteiger partial charge in [-0.05, 0) is 42.5 Å². The Hall–Kier alpha value is -4.09. The van der Waals surface area contributed by atoms with Gasteiger partial charge >= 0.3 is 6.18 Å². The minimum atomic E-state index is -4.75. The molecule has 0 unspecified atom stereocenters. The number of halogens is 4. The monoisotopic (exact) mass is 588 g/mol. The smallest absolute Gasteiger partial charge is 0.416 e. The van der Waals surface area contributed by atoms with Crippen LogP contribution in [0.25, 0.3) is 0 Å². The highest BCUT2D eigenvalue weighted by Crippen LogP contribution is 2.33. The van der Waals surface area contributed by atoms with Gasteiger partial charge in [-0.15, -0.1) is 0 Å². The third-order valence-corrected chi connectivity index (χ3v) is 6.62. The Bertz CT molecular complexity index is 1360. The molecule has 7 nitrogen and oxygen atoms in total. The zero-order valence-electron chi connectivity index (χ0n) is 23.1. The number of rotatable bonds is 13. The van der Waals surface area contributed by atoms with E-state index < -0.39 is 30.2 Å². The number of anilines is 1. The maximum absolute atomic E-state index is 13.4. The molecule has 1 fully saturated rings. The Morgan fingerprint density at radius 1 is 1.02 bits per heavy atom. The van der Waals surface area contributed by atoms with Crippen molar-refractivity contribution in [3.05, 3.63) is 102 Å². The first-order valence-corrected chi connectivity index (χ1v) is 13.3. The quantitative estimate of drug-likeness (QED) is 0.153. The zero-order chi connectivity index (χ0) is 30.1. The highest BCUT2D eigenvalue weighted by Gasteiger charge is 2.35.